The highest BCUT2D eigenvalue weighted by atomic mass is 31.2. The van der Waals surface area contributed by atoms with Crippen LogP contribution in [-0.4, -0.2) is 59.9 Å². The molecule has 7 nitrogen and oxygen atoms in total. The second-order valence-electron chi connectivity index (χ2n) is 7.39. The highest BCUT2D eigenvalue weighted by Gasteiger charge is 2.34. The van der Waals surface area contributed by atoms with Gasteiger partial charge < -0.3 is 19.6 Å². The summed E-state index contributed by atoms with van der Waals surface area (Å²) in [6.07, 6.45) is 2.47. The van der Waals surface area contributed by atoms with Gasteiger partial charge in [-0.05, 0) is 25.3 Å². The van der Waals surface area contributed by atoms with E-state index >= 15 is 0 Å². The Morgan fingerprint density at radius 3 is 2.60 bits per heavy atom. The molecule has 0 aromatic rings. The summed E-state index contributed by atoms with van der Waals surface area (Å²) in [5.74, 6) is 0.355. The molecule has 1 aliphatic rings. The molecular formula is C17H33N2O5P. The summed E-state index contributed by atoms with van der Waals surface area (Å²) in [7, 11) is -3.55. The molecule has 1 heterocycles. The molecule has 0 bridgehead atoms. The average molecular weight is 376 g/mol. The molecule has 3 atom stereocenters. The molecule has 1 unspecified atom stereocenters. The fourth-order valence-corrected chi connectivity index (χ4v) is 3.48. The van der Waals surface area contributed by atoms with E-state index in [1.54, 1.807) is 4.90 Å². The molecule has 8 heteroatoms. The maximum atomic E-state index is 12.4. The third kappa shape index (κ3) is 9.50. The summed E-state index contributed by atoms with van der Waals surface area (Å²) < 4.78 is 16.3. The van der Waals surface area contributed by atoms with E-state index < -0.39 is 7.60 Å². The third-order valence-electron chi connectivity index (χ3n) is 4.25. The van der Waals surface area contributed by atoms with Gasteiger partial charge in [0.15, 0.2) is 0 Å². The first kappa shape index (κ1) is 22.3. The zero-order valence-corrected chi connectivity index (χ0v) is 16.8. The van der Waals surface area contributed by atoms with Crippen molar-refractivity contribution in [3.63, 3.8) is 0 Å². The lowest BCUT2D eigenvalue weighted by Gasteiger charge is -2.25. The minimum atomic E-state index is -3.55. The van der Waals surface area contributed by atoms with Crippen molar-refractivity contribution in [3.05, 3.63) is 0 Å². The van der Waals surface area contributed by atoms with Gasteiger partial charge in [0.1, 0.15) is 5.78 Å². The summed E-state index contributed by atoms with van der Waals surface area (Å²) in [5.41, 5.74) is 0. The predicted octanol–water partition coefficient (Wildman–Crippen LogP) is 2.18. The number of hydrogen-bond donors (Lipinski definition) is 2. The van der Waals surface area contributed by atoms with Crippen molar-refractivity contribution in [3.8, 4) is 0 Å². The van der Waals surface area contributed by atoms with Gasteiger partial charge in [0.2, 0.25) is 5.91 Å². The van der Waals surface area contributed by atoms with Crippen molar-refractivity contribution in [1.29, 1.82) is 0 Å². The standard InChI is InChI=1S/C17H33N2O5P/c1-13(2)18-9-5-6-16(20)7-8-17(21)19-11-14(3)10-15(19)12-24-25(4,22)23/h13-15,18H,5-12H2,1-4H3,(H,22,23)/t14-,15+/m1/s1. The lowest BCUT2D eigenvalue weighted by Crippen LogP contribution is -2.38. The molecule has 1 aliphatic heterocycles. The molecule has 1 amide bonds. The average Bonchev–Trinajstić information content (AvgIpc) is 2.87. The summed E-state index contributed by atoms with van der Waals surface area (Å²) >= 11 is 0. The number of nitrogens with one attached hydrogen (secondary N) is 1. The lowest BCUT2D eigenvalue weighted by molar-refractivity contribution is -0.134. The molecular weight excluding hydrogens is 343 g/mol. The number of ketones is 1. The number of carbonyl (C=O) groups excluding carboxylic acids is 2. The molecule has 1 rings (SSSR count). The Hall–Kier alpha value is -0.750. The topological polar surface area (TPSA) is 95.9 Å². The van der Waals surface area contributed by atoms with Crippen LogP contribution < -0.4 is 5.32 Å². The van der Waals surface area contributed by atoms with Gasteiger partial charge in [-0.25, -0.2) is 0 Å². The van der Waals surface area contributed by atoms with Crippen molar-refractivity contribution in [2.24, 2.45) is 5.92 Å². The van der Waals surface area contributed by atoms with Crippen LogP contribution in [0.5, 0.6) is 0 Å². The van der Waals surface area contributed by atoms with E-state index in [0.29, 0.717) is 24.9 Å². The van der Waals surface area contributed by atoms with E-state index in [4.69, 9.17) is 4.52 Å². The summed E-state index contributed by atoms with van der Waals surface area (Å²) in [6, 6.07) is 0.221. The molecule has 1 saturated heterocycles. The van der Waals surface area contributed by atoms with Gasteiger partial charge in [-0.2, -0.15) is 0 Å². The number of hydrogen-bond acceptors (Lipinski definition) is 5. The van der Waals surface area contributed by atoms with Crippen LogP contribution in [0.4, 0.5) is 0 Å². The quantitative estimate of drug-likeness (QED) is 0.424. The van der Waals surface area contributed by atoms with Crippen molar-refractivity contribution < 1.29 is 23.6 Å². The zero-order chi connectivity index (χ0) is 19.0. The number of carbonyl (C=O) groups is 2. The molecule has 0 aromatic heterocycles. The SMILES string of the molecule is CC(C)NCCCC(=O)CCC(=O)N1C[C@H](C)C[C@H]1COP(C)(=O)O. The van der Waals surface area contributed by atoms with Crippen LogP contribution in [0.25, 0.3) is 0 Å². The van der Waals surface area contributed by atoms with Crippen LogP contribution in [0.3, 0.4) is 0 Å². The second kappa shape index (κ2) is 10.4. The van der Waals surface area contributed by atoms with Crippen LogP contribution in [0.15, 0.2) is 0 Å². The van der Waals surface area contributed by atoms with Crippen molar-refractivity contribution >= 4 is 19.3 Å². The molecule has 0 aliphatic carbocycles. The number of nitrogens with zero attached hydrogens (tertiary/aromatic N) is 1. The van der Waals surface area contributed by atoms with Gasteiger partial charge in [0.05, 0.1) is 12.6 Å². The van der Waals surface area contributed by atoms with Crippen LogP contribution in [-0.2, 0) is 18.7 Å². The molecule has 25 heavy (non-hydrogen) atoms. The largest absolute Gasteiger partial charge is 0.337 e. The number of rotatable bonds is 11. The van der Waals surface area contributed by atoms with Gasteiger partial charge in [-0.15, -0.1) is 0 Å². The van der Waals surface area contributed by atoms with E-state index in [1.165, 1.54) is 0 Å². The highest BCUT2D eigenvalue weighted by Crippen LogP contribution is 2.38. The lowest BCUT2D eigenvalue weighted by atomic mass is 10.1. The predicted molar refractivity (Wildman–Crippen MR) is 97.6 cm³/mol. The second-order valence-corrected chi connectivity index (χ2v) is 9.25. The fraction of sp³-hybridized carbons (Fsp3) is 0.882. The Morgan fingerprint density at radius 1 is 1.32 bits per heavy atom. The number of Topliss-reactive ketones (excluding diaryl/α,β-unsaturated/α-hetero) is 1. The van der Waals surface area contributed by atoms with E-state index in [-0.39, 0.29) is 37.2 Å². The Balaban J connectivity index is 2.36. The Labute approximate surface area is 151 Å². The monoisotopic (exact) mass is 376 g/mol. The zero-order valence-electron chi connectivity index (χ0n) is 15.9. The van der Waals surface area contributed by atoms with Gasteiger partial charge >= 0.3 is 7.60 Å². The van der Waals surface area contributed by atoms with Gasteiger partial charge in [0.25, 0.3) is 0 Å². The van der Waals surface area contributed by atoms with Gasteiger partial charge in [-0.1, -0.05) is 20.8 Å². The fourth-order valence-electron chi connectivity index (χ4n) is 3.03. The molecule has 2 N–H and O–H groups in total. The minimum absolute atomic E-state index is 0.0647. The Kier molecular flexibility index (Phi) is 9.28. The van der Waals surface area contributed by atoms with E-state index in [9.17, 15) is 19.0 Å². The maximum Gasteiger partial charge on any atom is 0.325 e. The normalized spacial score (nSPS) is 23.0. The summed E-state index contributed by atoms with van der Waals surface area (Å²) in [6.45, 7) is 8.78. The van der Waals surface area contributed by atoms with Crippen LogP contribution in [0.2, 0.25) is 0 Å². The first-order chi connectivity index (χ1) is 11.6. The van der Waals surface area contributed by atoms with Gasteiger partial charge in [-0.3, -0.25) is 14.2 Å². The summed E-state index contributed by atoms with van der Waals surface area (Å²) in [5, 5.41) is 3.26. The molecule has 146 valence electrons. The number of amides is 1. The molecule has 0 aromatic carbocycles. The van der Waals surface area contributed by atoms with E-state index in [1.807, 2.05) is 6.92 Å². The molecule has 0 spiro atoms. The van der Waals surface area contributed by atoms with E-state index in [0.717, 1.165) is 26.1 Å². The van der Waals surface area contributed by atoms with Gasteiger partial charge in [0, 0.05) is 38.5 Å². The smallest absolute Gasteiger partial charge is 0.325 e. The molecule has 0 radical (unpaired) electrons. The van der Waals surface area contributed by atoms with Crippen LogP contribution >= 0.6 is 7.60 Å². The van der Waals surface area contributed by atoms with E-state index in [2.05, 4.69) is 19.2 Å². The Morgan fingerprint density at radius 2 is 2.00 bits per heavy atom. The third-order valence-corrected chi connectivity index (χ3v) is 4.88. The minimum Gasteiger partial charge on any atom is -0.337 e. The van der Waals surface area contributed by atoms with Crippen LogP contribution in [0, 0.1) is 5.92 Å². The first-order valence-corrected chi connectivity index (χ1v) is 11.1. The van der Waals surface area contributed by atoms with Crippen LogP contribution in [0.1, 0.15) is 52.9 Å². The molecule has 1 fully saturated rings. The number of likely N-dealkylation sites (tertiary alicyclic amines) is 1. The molecule has 0 saturated carbocycles. The highest BCUT2D eigenvalue weighted by molar-refractivity contribution is 7.51. The van der Waals surface area contributed by atoms with Crippen molar-refractivity contribution in [2.45, 2.75) is 65.0 Å². The Bertz CT molecular complexity index is 491. The van der Waals surface area contributed by atoms with Crippen molar-refractivity contribution in [1.82, 2.24) is 10.2 Å². The summed E-state index contributed by atoms with van der Waals surface area (Å²) in [4.78, 5) is 35.3. The first-order valence-electron chi connectivity index (χ1n) is 9.08. The van der Waals surface area contributed by atoms with Crippen molar-refractivity contribution in [2.75, 3.05) is 26.4 Å². The maximum absolute atomic E-state index is 12.4.